The van der Waals surface area contributed by atoms with Crippen LogP contribution in [0.4, 0.5) is 0 Å². The third-order valence-corrected chi connectivity index (χ3v) is 8.85. The van der Waals surface area contributed by atoms with Crippen LogP contribution in [0, 0.1) is 17.8 Å². The van der Waals surface area contributed by atoms with E-state index in [0.717, 1.165) is 43.7 Å². The van der Waals surface area contributed by atoms with Gasteiger partial charge in [0, 0.05) is 31.5 Å². The Bertz CT molecular complexity index is 1040. The topological polar surface area (TPSA) is 81.4 Å². The first-order valence-corrected chi connectivity index (χ1v) is 14.1. The molecule has 0 radical (unpaired) electrons. The number of carboxylic acid groups (broad SMARTS) is 1. The highest BCUT2D eigenvalue weighted by Gasteiger charge is 2.48. The zero-order chi connectivity index (χ0) is 24.9. The minimum absolute atomic E-state index is 0.153. The molecule has 3 heterocycles. The SMILES string of the molecule is O=C(O)CCc1ccccc1C[C@@H]1[C@H](Cn2cnc(C(=O)CCCC3CCCCC3)c2)[C@H]2CC[C@@H]1O2. The summed E-state index contributed by atoms with van der Waals surface area (Å²) in [6.45, 7) is 0.811. The van der Waals surface area contributed by atoms with E-state index in [-0.39, 0.29) is 24.4 Å². The second-order valence-electron chi connectivity index (χ2n) is 11.3. The van der Waals surface area contributed by atoms with Crippen molar-refractivity contribution in [2.45, 2.75) is 102 Å². The van der Waals surface area contributed by atoms with E-state index in [1.165, 1.54) is 44.1 Å². The molecule has 0 amide bonds. The molecule has 2 bridgehead atoms. The summed E-state index contributed by atoms with van der Waals surface area (Å²) in [6.07, 6.45) is 17.6. The largest absolute Gasteiger partial charge is 0.481 e. The molecule has 1 N–H and O–H groups in total. The molecular weight excluding hydrogens is 452 g/mol. The van der Waals surface area contributed by atoms with Crippen molar-refractivity contribution in [1.29, 1.82) is 0 Å². The molecule has 3 fully saturated rings. The van der Waals surface area contributed by atoms with Gasteiger partial charge in [0.25, 0.3) is 0 Å². The van der Waals surface area contributed by atoms with Gasteiger partial charge in [-0.15, -0.1) is 0 Å². The number of aliphatic carboxylic acids is 1. The van der Waals surface area contributed by atoms with Gasteiger partial charge in [0.05, 0.1) is 18.5 Å². The van der Waals surface area contributed by atoms with Crippen LogP contribution in [0.25, 0.3) is 0 Å². The van der Waals surface area contributed by atoms with Gasteiger partial charge in [-0.3, -0.25) is 9.59 Å². The van der Waals surface area contributed by atoms with Crippen molar-refractivity contribution in [2.24, 2.45) is 17.8 Å². The van der Waals surface area contributed by atoms with Crippen molar-refractivity contribution in [3.63, 3.8) is 0 Å². The number of carbonyl (C=O) groups excluding carboxylic acids is 1. The predicted octanol–water partition coefficient (Wildman–Crippen LogP) is 5.87. The van der Waals surface area contributed by atoms with Crippen LogP contribution in [-0.2, 0) is 28.9 Å². The van der Waals surface area contributed by atoms with E-state index >= 15 is 0 Å². The van der Waals surface area contributed by atoms with Crippen LogP contribution in [-0.4, -0.2) is 38.6 Å². The fourth-order valence-corrected chi connectivity index (χ4v) is 6.90. The van der Waals surface area contributed by atoms with Crippen LogP contribution in [0.3, 0.4) is 0 Å². The van der Waals surface area contributed by atoms with Crippen LogP contribution < -0.4 is 0 Å². The van der Waals surface area contributed by atoms with E-state index < -0.39 is 5.97 Å². The lowest BCUT2D eigenvalue weighted by Crippen LogP contribution is -2.32. The van der Waals surface area contributed by atoms with E-state index in [1.54, 1.807) is 0 Å². The second-order valence-corrected chi connectivity index (χ2v) is 11.3. The maximum Gasteiger partial charge on any atom is 0.303 e. The highest BCUT2D eigenvalue weighted by atomic mass is 16.5. The Hall–Kier alpha value is -2.47. The second kappa shape index (κ2) is 11.7. The van der Waals surface area contributed by atoms with Crippen molar-refractivity contribution in [1.82, 2.24) is 9.55 Å². The van der Waals surface area contributed by atoms with Gasteiger partial charge in [-0.2, -0.15) is 0 Å². The Balaban J connectivity index is 1.19. The summed E-state index contributed by atoms with van der Waals surface area (Å²) in [4.78, 5) is 28.4. The first kappa shape index (κ1) is 25.2. The number of ketones is 1. The molecule has 6 nitrogen and oxygen atoms in total. The van der Waals surface area contributed by atoms with Crippen LogP contribution in [0.5, 0.6) is 0 Å². The van der Waals surface area contributed by atoms with Crippen LogP contribution >= 0.6 is 0 Å². The number of rotatable bonds is 12. The summed E-state index contributed by atoms with van der Waals surface area (Å²) in [5.74, 6) is 0.989. The Morgan fingerprint density at radius 3 is 2.50 bits per heavy atom. The van der Waals surface area contributed by atoms with E-state index in [1.807, 2.05) is 24.7 Å². The summed E-state index contributed by atoms with van der Waals surface area (Å²) in [5.41, 5.74) is 2.97. The Morgan fingerprint density at radius 2 is 1.72 bits per heavy atom. The lowest BCUT2D eigenvalue weighted by Gasteiger charge is -2.29. The zero-order valence-corrected chi connectivity index (χ0v) is 21.3. The van der Waals surface area contributed by atoms with Gasteiger partial charge in [-0.05, 0) is 55.1 Å². The molecule has 1 saturated carbocycles. The first-order valence-electron chi connectivity index (χ1n) is 14.1. The molecule has 1 aliphatic carbocycles. The maximum absolute atomic E-state index is 12.8. The molecule has 194 valence electrons. The predicted molar refractivity (Wildman–Crippen MR) is 138 cm³/mol. The van der Waals surface area contributed by atoms with Crippen LogP contribution in [0.15, 0.2) is 36.8 Å². The fraction of sp³-hybridized carbons (Fsp3) is 0.633. The zero-order valence-electron chi connectivity index (χ0n) is 21.3. The lowest BCUT2D eigenvalue weighted by molar-refractivity contribution is -0.136. The summed E-state index contributed by atoms with van der Waals surface area (Å²) >= 11 is 0. The Kier molecular flexibility index (Phi) is 8.20. The summed E-state index contributed by atoms with van der Waals surface area (Å²) < 4.78 is 8.44. The van der Waals surface area contributed by atoms with Gasteiger partial charge in [-0.25, -0.2) is 4.98 Å². The molecule has 4 atom stereocenters. The van der Waals surface area contributed by atoms with Crippen molar-refractivity contribution in [2.75, 3.05) is 0 Å². The molecule has 3 aliphatic rings. The number of carbonyl (C=O) groups is 2. The van der Waals surface area contributed by atoms with Crippen molar-refractivity contribution >= 4 is 11.8 Å². The van der Waals surface area contributed by atoms with Crippen molar-refractivity contribution < 1.29 is 19.4 Å². The number of nitrogens with zero attached hydrogens (tertiary/aromatic N) is 2. The molecule has 0 unspecified atom stereocenters. The fourth-order valence-electron chi connectivity index (χ4n) is 6.90. The first-order chi connectivity index (χ1) is 17.6. The number of aromatic nitrogens is 2. The normalized spacial score (nSPS) is 25.9. The smallest absolute Gasteiger partial charge is 0.303 e. The number of carboxylic acids is 1. The van der Waals surface area contributed by atoms with E-state index in [9.17, 15) is 9.59 Å². The number of fused-ring (bicyclic) bond motifs is 2. The average molecular weight is 493 g/mol. The molecule has 1 aromatic heterocycles. The van der Waals surface area contributed by atoms with Gasteiger partial charge < -0.3 is 14.4 Å². The van der Waals surface area contributed by atoms with E-state index in [4.69, 9.17) is 9.84 Å². The summed E-state index contributed by atoms with van der Waals surface area (Å²) in [7, 11) is 0. The van der Waals surface area contributed by atoms with E-state index in [2.05, 4.69) is 21.7 Å². The molecule has 5 rings (SSSR count). The molecule has 1 aromatic carbocycles. The standard InChI is InChI=1S/C30H40N2O4/c33-27(12-6-9-21-7-2-1-3-8-21)26-19-32(20-31-26)18-25-24(28-14-15-29(25)36-28)17-23-11-5-4-10-22(23)13-16-30(34)35/h4-5,10-11,19-21,24-25,28-29H,1-3,6-9,12-18H2,(H,34,35)/t24-,25+,28+,29-/m1/s1. The number of Topliss-reactive ketones (excluding diaryl/α,β-unsaturated/α-hetero) is 1. The molecule has 2 aliphatic heterocycles. The third kappa shape index (κ3) is 6.08. The van der Waals surface area contributed by atoms with E-state index in [0.29, 0.717) is 30.4 Å². The van der Waals surface area contributed by atoms with Gasteiger partial charge in [-0.1, -0.05) is 62.8 Å². The molecule has 36 heavy (non-hydrogen) atoms. The average Bonchev–Trinajstić information content (AvgIpc) is 3.62. The van der Waals surface area contributed by atoms with Crippen LogP contribution in [0.1, 0.15) is 92.2 Å². The van der Waals surface area contributed by atoms with Gasteiger partial charge in [0.1, 0.15) is 5.69 Å². The molecule has 6 heteroatoms. The molecule has 2 saturated heterocycles. The Morgan fingerprint density at radius 1 is 0.972 bits per heavy atom. The molecule has 2 aromatic rings. The van der Waals surface area contributed by atoms with Crippen molar-refractivity contribution in [3.8, 4) is 0 Å². The number of hydrogen-bond donors (Lipinski definition) is 1. The number of hydrogen-bond acceptors (Lipinski definition) is 4. The lowest BCUT2D eigenvalue weighted by atomic mass is 9.75. The van der Waals surface area contributed by atoms with Crippen molar-refractivity contribution in [3.05, 3.63) is 53.6 Å². The minimum Gasteiger partial charge on any atom is -0.481 e. The molecule has 0 spiro atoms. The monoisotopic (exact) mass is 492 g/mol. The number of ether oxygens (including phenoxy) is 1. The molecular formula is C30H40N2O4. The summed E-state index contributed by atoms with van der Waals surface area (Å²) in [5, 5.41) is 9.14. The number of benzene rings is 1. The minimum atomic E-state index is -0.759. The quantitative estimate of drug-likeness (QED) is 0.375. The summed E-state index contributed by atoms with van der Waals surface area (Å²) in [6, 6.07) is 8.24. The third-order valence-electron chi connectivity index (χ3n) is 8.85. The maximum atomic E-state index is 12.8. The number of aryl methyl sites for hydroxylation is 1. The van der Waals surface area contributed by atoms with Crippen LogP contribution in [0.2, 0.25) is 0 Å². The van der Waals surface area contributed by atoms with Gasteiger partial charge >= 0.3 is 5.97 Å². The number of imidazole rings is 1. The highest BCUT2D eigenvalue weighted by Crippen LogP contribution is 2.46. The van der Waals surface area contributed by atoms with Gasteiger partial charge in [0.2, 0.25) is 0 Å². The van der Waals surface area contributed by atoms with Gasteiger partial charge in [0.15, 0.2) is 5.78 Å². The Labute approximate surface area is 214 Å². The highest BCUT2D eigenvalue weighted by molar-refractivity contribution is 5.93.